The summed E-state index contributed by atoms with van der Waals surface area (Å²) in [5.74, 6) is -0.379. The summed E-state index contributed by atoms with van der Waals surface area (Å²) in [7, 11) is 3.65. The molecule has 0 N–H and O–H groups in total. The van der Waals surface area contributed by atoms with Crippen molar-refractivity contribution in [2.24, 2.45) is 4.99 Å². The molecule has 1 aromatic carbocycles. The largest absolute Gasteiger partial charge is 0.369 e. The van der Waals surface area contributed by atoms with Crippen LogP contribution >= 0.6 is 0 Å². The number of aliphatic imine (C=N–C) groups is 1. The van der Waals surface area contributed by atoms with Gasteiger partial charge in [0.1, 0.15) is 11.9 Å². The van der Waals surface area contributed by atoms with Crippen molar-refractivity contribution in [2.75, 3.05) is 14.1 Å². The summed E-state index contributed by atoms with van der Waals surface area (Å²) in [4.78, 5) is 5.84. The summed E-state index contributed by atoms with van der Waals surface area (Å²) in [5.41, 5.74) is 1.11. The first-order valence-corrected chi connectivity index (χ1v) is 4.46. The van der Waals surface area contributed by atoms with Crippen LogP contribution in [-0.4, -0.2) is 25.3 Å². The summed E-state index contributed by atoms with van der Waals surface area (Å²) in [6, 6.07) is 4.77. The van der Waals surface area contributed by atoms with Gasteiger partial charge in [-0.25, -0.2) is 9.38 Å². The zero-order chi connectivity index (χ0) is 11.4. The standard InChI is InChI=1S/C11H12FN3/c1-8-9(6-13)11(5-4-10(8)12)14-7-15(2)3/h4-5,7H,1-3H3/b14-7+. The van der Waals surface area contributed by atoms with Gasteiger partial charge in [-0.3, -0.25) is 0 Å². The molecule has 0 aliphatic rings. The molecular formula is C11H12FN3. The number of hydrogen-bond acceptors (Lipinski definition) is 2. The zero-order valence-corrected chi connectivity index (χ0v) is 8.95. The third-order valence-corrected chi connectivity index (χ3v) is 1.92. The fourth-order valence-corrected chi connectivity index (χ4v) is 1.10. The smallest absolute Gasteiger partial charge is 0.127 e. The molecule has 3 nitrogen and oxygen atoms in total. The summed E-state index contributed by atoms with van der Waals surface area (Å²) in [6.07, 6.45) is 1.58. The van der Waals surface area contributed by atoms with Gasteiger partial charge in [0.05, 0.1) is 17.6 Å². The van der Waals surface area contributed by atoms with Crippen molar-refractivity contribution in [1.82, 2.24) is 4.90 Å². The Hall–Kier alpha value is -1.89. The highest BCUT2D eigenvalue weighted by Gasteiger charge is 2.08. The molecule has 0 heterocycles. The fourth-order valence-electron chi connectivity index (χ4n) is 1.10. The minimum atomic E-state index is -0.379. The Morgan fingerprint density at radius 1 is 1.47 bits per heavy atom. The Bertz CT molecular complexity index is 430. The van der Waals surface area contributed by atoms with E-state index in [1.807, 2.05) is 20.2 Å². The molecule has 15 heavy (non-hydrogen) atoms. The van der Waals surface area contributed by atoms with E-state index < -0.39 is 0 Å². The summed E-state index contributed by atoms with van der Waals surface area (Å²) < 4.78 is 13.1. The molecule has 0 saturated heterocycles. The average Bonchev–Trinajstić information content (AvgIpc) is 2.19. The van der Waals surface area contributed by atoms with E-state index in [1.165, 1.54) is 12.1 Å². The van der Waals surface area contributed by atoms with Crippen molar-refractivity contribution in [1.29, 1.82) is 5.26 Å². The van der Waals surface area contributed by atoms with Crippen LogP contribution in [0, 0.1) is 24.1 Å². The quantitative estimate of drug-likeness (QED) is 0.548. The van der Waals surface area contributed by atoms with Gasteiger partial charge in [-0.2, -0.15) is 5.26 Å². The lowest BCUT2D eigenvalue weighted by Crippen LogP contribution is -2.07. The van der Waals surface area contributed by atoms with Crippen molar-refractivity contribution in [3.63, 3.8) is 0 Å². The minimum Gasteiger partial charge on any atom is -0.369 e. The van der Waals surface area contributed by atoms with Crippen LogP contribution in [0.25, 0.3) is 0 Å². The molecule has 0 aliphatic heterocycles. The van der Waals surface area contributed by atoms with Crippen molar-refractivity contribution >= 4 is 12.0 Å². The third-order valence-electron chi connectivity index (χ3n) is 1.92. The molecular weight excluding hydrogens is 193 g/mol. The van der Waals surface area contributed by atoms with Gasteiger partial charge in [-0.05, 0) is 19.1 Å². The van der Waals surface area contributed by atoms with Crippen molar-refractivity contribution in [3.05, 3.63) is 29.1 Å². The maximum absolute atomic E-state index is 13.1. The van der Waals surface area contributed by atoms with E-state index in [0.717, 1.165) is 0 Å². The molecule has 0 unspecified atom stereocenters. The SMILES string of the molecule is Cc1c(F)ccc(/N=C/N(C)C)c1C#N. The molecule has 0 amide bonds. The molecule has 0 aliphatic carbocycles. The van der Waals surface area contributed by atoms with Gasteiger partial charge >= 0.3 is 0 Å². The number of nitriles is 1. The van der Waals surface area contributed by atoms with E-state index in [4.69, 9.17) is 5.26 Å². The van der Waals surface area contributed by atoms with E-state index in [2.05, 4.69) is 4.99 Å². The van der Waals surface area contributed by atoms with Gasteiger partial charge < -0.3 is 4.90 Å². The number of hydrogen-bond donors (Lipinski definition) is 0. The van der Waals surface area contributed by atoms with E-state index in [1.54, 1.807) is 18.2 Å². The van der Waals surface area contributed by atoms with Crippen molar-refractivity contribution in [2.45, 2.75) is 6.92 Å². The molecule has 0 radical (unpaired) electrons. The highest BCUT2D eigenvalue weighted by molar-refractivity contribution is 5.66. The number of benzene rings is 1. The predicted octanol–water partition coefficient (Wildman–Crippen LogP) is 2.23. The lowest BCUT2D eigenvalue weighted by atomic mass is 10.1. The molecule has 0 bridgehead atoms. The van der Waals surface area contributed by atoms with Gasteiger partial charge in [0.15, 0.2) is 0 Å². The maximum atomic E-state index is 13.1. The van der Waals surface area contributed by atoms with Crippen LogP contribution in [0.15, 0.2) is 17.1 Å². The summed E-state index contributed by atoms with van der Waals surface area (Å²) >= 11 is 0. The maximum Gasteiger partial charge on any atom is 0.127 e. The Balaban J connectivity index is 3.21. The summed E-state index contributed by atoms with van der Waals surface area (Å²) in [6.45, 7) is 1.57. The highest BCUT2D eigenvalue weighted by atomic mass is 19.1. The molecule has 78 valence electrons. The Morgan fingerprint density at radius 3 is 2.67 bits per heavy atom. The van der Waals surface area contributed by atoms with E-state index in [9.17, 15) is 4.39 Å². The molecule has 0 fully saturated rings. The number of nitrogens with zero attached hydrogens (tertiary/aromatic N) is 3. The summed E-state index contributed by atoms with van der Waals surface area (Å²) in [5, 5.41) is 8.88. The van der Waals surface area contributed by atoms with E-state index >= 15 is 0 Å². The normalized spacial score (nSPS) is 10.3. The fraction of sp³-hybridized carbons (Fsp3) is 0.273. The molecule has 1 aromatic rings. The first-order chi connectivity index (χ1) is 7.06. The van der Waals surface area contributed by atoms with Gasteiger partial charge in [-0.1, -0.05) is 0 Å². The monoisotopic (exact) mass is 205 g/mol. The van der Waals surface area contributed by atoms with Crippen molar-refractivity contribution < 1.29 is 4.39 Å². The van der Waals surface area contributed by atoms with Crippen LogP contribution < -0.4 is 0 Å². The van der Waals surface area contributed by atoms with Crippen LogP contribution in [0.4, 0.5) is 10.1 Å². The topological polar surface area (TPSA) is 39.4 Å². The molecule has 0 atom stereocenters. The second-order valence-corrected chi connectivity index (χ2v) is 3.39. The van der Waals surface area contributed by atoms with Gasteiger partial charge in [0, 0.05) is 19.7 Å². The van der Waals surface area contributed by atoms with Gasteiger partial charge in [0.25, 0.3) is 0 Å². The van der Waals surface area contributed by atoms with Crippen LogP contribution in [0.3, 0.4) is 0 Å². The molecule has 0 saturated carbocycles. The van der Waals surface area contributed by atoms with E-state index in [-0.39, 0.29) is 11.4 Å². The minimum absolute atomic E-state index is 0.285. The van der Waals surface area contributed by atoms with Crippen LogP contribution in [0.2, 0.25) is 0 Å². The Morgan fingerprint density at radius 2 is 2.13 bits per heavy atom. The zero-order valence-electron chi connectivity index (χ0n) is 8.95. The Kier molecular flexibility index (Phi) is 3.40. The first-order valence-electron chi connectivity index (χ1n) is 4.46. The number of rotatable bonds is 2. The lowest BCUT2D eigenvalue weighted by molar-refractivity contribution is 0.618. The molecule has 0 aromatic heterocycles. The van der Waals surface area contributed by atoms with Crippen LogP contribution in [0.1, 0.15) is 11.1 Å². The lowest BCUT2D eigenvalue weighted by Gasteiger charge is -2.05. The average molecular weight is 205 g/mol. The highest BCUT2D eigenvalue weighted by Crippen LogP contribution is 2.23. The predicted molar refractivity (Wildman–Crippen MR) is 57.7 cm³/mol. The number of halogens is 1. The van der Waals surface area contributed by atoms with Gasteiger partial charge in [-0.15, -0.1) is 0 Å². The van der Waals surface area contributed by atoms with Crippen molar-refractivity contribution in [3.8, 4) is 6.07 Å². The van der Waals surface area contributed by atoms with Gasteiger partial charge in [0.2, 0.25) is 0 Å². The molecule has 0 spiro atoms. The second kappa shape index (κ2) is 4.56. The first kappa shape index (κ1) is 11.2. The Labute approximate surface area is 88.5 Å². The molecule has 4 heteroatoms. The second-order valence-electron chi connectivity index (χ2n) is 3.39. The molecule has 1 rings (SSSR count). The third kappa shape index (κ3) is 2.53. The van der Waals surface area contributed by atoms with Crippen LogP contribution in [0.5, 0.6) is 0 Å². The van der Waals surface area contributed by atoms with E-state index in [0.29, 0.717) is 11.3 Å². The van der Waals surface area contributed by atoms with Crippen LogP contribution in [-0.2, 0) is 0 Å².